The Morgan fingerprint density at radius 2 is 1.17 bits per heavy atom. The quantitative estimate of drug-likeness (QED) is 0.0394. The fourth-order valence-corrected chi connectivity index (χ4v) is 6.63. The van der Waals surface area contributed by atoms with Gasteiger partial charge >= 0.3 is 0 Å². The lowest BCUT2D eigenvalue weighted by atomic mass is 9.97. The van der Waals surface area contributed by atoms with Crippen LogP contribution in [0.2, 0.25) is 0 Å². The van der Waals surface area contributed by atoms with E-state index in [0.29, 0.717) is 6.42 Å². The van der Waals surface area contributed by atoms with Crippen molar-refractivity contribution < 1.29 is 64.6 Å². The van der Waals surface area contributed by atoms with E-state index in [1.54, 1.807) is 6.08 Å². The topological polar surface area (TPSA) is 228 Å². The number of allylic oxidation sites excluding steroid dienone is 3. The van der Waals surface area contributed by atoms with Gasteiger partial charge in [0, 0.05) is 6.42 Å². The van der Waals surface area contributed by atoms with E-state index in [0.717, 1.165) is 64.2 Å². The zero-order chi connectivity index (χ0) is 39.7. The van der Waals surface area contributed by atoms with Crippen LogP contribution in [0.5, 0.6) is 0 Å². The van der Waals surface area contributed by atoms with Gasteiger partial charge in [-0.05, 0) is 44.9 Å². The number of nitrogens with one attached hydrogen (secondary N) is 1. The number of hydrogen-bond donors (Lipinski definition) is 9. The molecular weight excluding hydrogens is 702 g/mol. The highest BCUT2D eigenvalue weighted by Crippen LogP contribution is 2.29. The average molecular weight is 776 g/mol. The molecule has 0 saturated carbocycles. The van der Waals surface area contributed by atoms with Gasteiger partial charge in [0.2, 0.25) is 5.91 Å². The maximum absolute atomic E-state index is 13.0. The first-order valence-corrected chi connectivity index (χ1v) is 20.6. The molecule has 2 fully saturated rings. The van der Waals surface area contributed by atoms with Crippen LogP contribution in [0.25, 0.3) is 0 Å². The minimum absolute atomic E-state index is 0.258. The van der Waals surface area contributed by atoms with Gasteiger partial charge < -0.3 is 65.1 Å². The normalized spacial score (nSPS) is 30.3. The molecule has 0 aromatic heterocycles. The number of unbranched alkanes of at least 4 members (excludes halogenated alkanes) is 14. The standard InChI is InChI=1S/C40H73NO13/c1-3-5-7-9-10-11-12-13-14-15-16-17-18-20-22-24-32(45)41-28(29(44)23-21-19-8-6-4-2)27-51-39-37(50)35(48)38(31(26-43)53-39)54-40-36(49)34(47)33(46)30(25-42)52-40/h13-14,21,23,28-31,33-40,42-44,46-50H,3-12,15-20,22,24-27H2,1-2H3,(H,41,45)/b14-13-,23-21+. The predicted octanol–water partition coefficient (Wildman–Crippen LogP) is 2.65. The third-order valence-corrected chi connectivity index (χ3v) is 10.1. The number of ether oxygens (including phenoxy) is 4. The fraction of sp³-hybridized carbons (Fsp3) is 0.875. The van der Waals surface area contributed by atoms with E-state index in [4.69, 9.17) is 18.9 Å². The van der Waals surface area contributed by atoms with Gasteiger partial charge in [0.15, 0.2) is 12.6 Å². The molecule has 2 heterocycles. The molecule has 12 atom stereocenters. The Kier molecular flexibility index (Phi) is 25.9. The summed E-state index contributed by atoms with van der Waals surface area (Å²) in [5, 5.41) is 85.8. The van der Waals surface area contributed by atoms with Crippen molar-refractivity contribution in [3.63, 3.8) is 0 Å². The smallest absolute Gasteiger partial charge is 0.220 e. The van der Waals surface area contributed by atoms with Gasteiger partial charge in [-0.1, -0.05) is 102 Å². The molecule has 12 unspecified atom stereocenters. The van der Waals surface area contributed by atoms with Crippen LogP contribution >= 0.6 is 0 Å². The number of carbonyl (C=O) groups is 1. The van der Waals surface area contributed by atoms with Crippen LogP contribution < -0.4 is 5.32 Å². The van der Waals surface area contributed by atoms with E-state index in [1.165, 1.54) is 38.5 Å². The molecule has 2 aliphatic rings. The molecule has 0 spiro atoms. The Balaban J connectivity index is 1.86. The summed E-state index contributed by atoms with van der Waals surface area (Å²) in [7, 11) is 0. The first-order chi connectivity index (χ1) is 26.1. The molecule has 0 aromatic carbocycles. The van der Waals surface area contributed by atoms with E-state index in [9.17, 15) is 45.6 Å². The third-order valence-electron chi connectivity index (χ3n) is 10.1. The number of hydrogen-bond acceptors (Lipinski definition) is 13. The number of rotatable bonds is 29. The lowest BCUT2D eigenvalue weighted by molar-refractivity contribution is -0.359. The van der Waals surface area contributed by atoms with Crippen molar-refractivity contribution in [2.75, 3.05) is 19.8 Å². The van der Waals surface area contributed by atoms with Crippen LogP contribution in [-0.4, -0.2) is 140 Å². The molecule has 0 radical (unpaired) electrons. The van der Waals surface area contributed by atoms with Gasteiger partial charge in [0.1, 0.15) is 48.8 Å². The van der Waals surface area contributed by atoms with Crippen LogP contribution in [0, 0.1) is 0 Å². The molecule has 0 aliphatic carbocycles. The summed E-state index contributed by atoms with van der Waals surface area (Å²) in [5.41, 5.74) is 0. The second-order valence-corrected chi connectivity index (χ2v) is 14.8. The van der Waals surface area contributed by atoms with Gasteiger partial charge in [-0.3, -0.25) is 4.79 Å². The molecule has 54 heavy (non-hydrogen) atoms. The maximum atomic E-state index is 13.0. The Morgan fingerprint density at radius 3 is 1.80 bits per heavy atom. The lowest BCUT2D eigenvalue weighted by Gasteiger charge is -2.46. The number of amides is 1. The van der Waals surface area contributed by atoms with Crippen molar-refractivity contribution >= 4 is 5.91 Å². The van der Waals surface area contributed by atoms with E-state index >= 15 is 0 Å². The zero-order valence-corrected chi connectivity index (χ0v) is 32.7. The first kappa shape index (κ1) is 48.6. The Morgan fingerprint density at radius 1 is 0.648 bits per heavy atom. The first-order valence-electron chi connectivity index (χ1n) is 20.6. The molecule has 2 aliphatic heterocycles. The number of aliphatic hydroxyl groups is 8. The summed E-state index contributed by atoms with van der Waals surface area (Å²) in [6.45, 7) is 2.61. The Hall–Kier alpha value is -1.53. The summed E-state index contributed by atoms with van der Waals surface area (Å²) in [4.78, 5) is 13.0. The second-order valence-electron chi connectivity index (χ2n) is 14.8. The molecule has 14 heteroatoms. The minimum Gasteiger partial charge on any atom is -0.394 e. The molecule has 2 rings (SSSR count). The van der Waals surface area contributed by atoms with Gasteiger partial charge in [0.05, 0.1) is 32.0 Å². The maximum Gasteiger partial charge on any atom is 0.220 e. The largest absolute Gasteiger partial charge is 0.394 e. The summed E-state index contributed by atoms with van der Waals surface area (Å²) in [6, 6.07) is -0.910. The van der Waals surface area contributed by atoms with Crippen molar-refractivity contribution in [2.45, 2.75) is 203 Å². The molecule has 9 N–H and O–H groups in total. The fourth-order valence-electron chi connectivity index (χ4n) is 6.63. The van der Waals surface area contributed by atoms with Gasteiger partial charge in [-0.2, -0.15) is 0 Å². The van der Waals surface area contributed by atoms with Crippen molar-refractivity contribution in [3.05, 3.63) is 24.3 Å². The summed E-state index contributed by atoms with van der Waals surface area (Å²) >= 11 is 0. The van der Waals surface area contributed by atoms with Crippen LogP contribution in [0.3, 0.4) is 0 Å². The minimum atomic E-state index is -1.78. The van der Waals surface area contributed by atoms with Crippen LogP contribution in [-0.2, 0) is 23.7 Å². The zero-order valence-electron chi connectivity index (χ0n) is 32.7. The highest BCUT2D eigenvalue weighted by atomic mass is 16.7. The molecule has 14 nitrogen and oxygen atoms in total. The van der Waals surface area contributed by atoms with Crippen LogP contribution in [0.15, 0.2) is 24.3 Å². The van der Waals surface area contributed by atoms with Gasteiger partial charge in [-0.15, -0.1) is 0 Å². The van der Waals surface area contributed by atoms with Crippen molar-refractivity contribution in [1.82, 2.24) is 5.32 Å². The Bertz CT molecular complexity index is 1010. The van der Waals surface area contributed by atoms with Gasteiger partial charge in [0.25, 0.3) is 0 Å². The Labute approximate surface area is 322 Å². The summed E-state index contributed by atoms with van der Waals surface area (Å²) in [6.07, 6.45) is 10.1. The monoisotopic (exact) mass is 776 g/mol. The lowest BCUT2D eigenvalue weighted by Crippen LogP contribution is -2.65. The highest BCUT2D eigenvalue weighted by molar-refractivity contribution is 5.76. The van der Waals surface area contributed by atoms with Crippen molar-refractivity contribution in [3.8, 4) is 0 Å². The van der Waals surface area contributed by atoms with Crippen LogP contribution in [0.1, 0.15) is 129 Å². The van der Waals surface area contributed by atoms with Crippen molar-refractivity contribution in [1.29, 1.82) is 0 Å². The molecule has 0 bridgehead atoms. The van der Waals surface area contributed by atoms with Gasteiger partial charge in [-0.25, -0.2) is 0 Å². The average Bonchev–Trinajstić information content (AvgIpc) is 3.17. The molecule has 316 valence electrons. The summed E-state index contributed by atoms with van der Waals surface area (Å²) in [5.74, 6) is -0.258. The SMILES string of the molecule is CCCCC/C=C/C(O)C(COC1OC(CO)C(OC2OC(CO)C(O)C(O)C2O)C(O)C1O)NC(=O)CCCCCCC/C=C\CCCCCCCC. The number of aliphatic hydroxyl groups excluding tert-OH is 8. The molecular formula is C40H73NO13. The number of carbonyl (C=O) groups excluding carboxylic acids is 1. The second kappa shape index (κ2) is 28.8. The molecule has 1 amide bonds. The van der Waals surface area contributed by atoms with E-state index < -0.39 is 86.8 Å². The third kappa shape index (κ3) is 17.7. The highest BCUT2D eigenvalue weighted by Gasteiger charge is 2.50. The van der Waals surface area contributed by atoms with Crippen molar-refractivity contribution in [2.24, 2.45) is 0 Å². The predicted molar refractivity (Wildman–Crippen MR) is 203 cm³/mol. The van der Waals surface area contributed by atoms with E-state index in [2.05, 4.69) is 31.3 Å². The van der Waals surface area contributed by atoms with Crippen LogP contribution in [0.4, 0.5) is 0 Å². The van der Waals surface area contributed by atoms with E-state index in [-0.39, 0.29) is 18.9 Å². The molecule has 0 aromatic rings. The summed E-state index contributed by atoms with van der Waals surface area (Å²) < 4.78 is 22.4. The molecule has 2 saturated heterocycles. The van der Waals surface area contributed by atoms with E-state index in [1.807, 2.05) is 6.08 Å².